The zero-order valence-corrected chi connectivity index (χ0v) is 11.7. The minimum atomic E-state index is -0.0910. The van der Waals surface area contributed by atoms with Gasteiger partial charge in [-0.15, -0.1) is 0 Å². The van der Waals surface area contributed by atoms with E-state index >= 15 is 0 Å². The third-order valence-corrected chi connectivity index (χ3v) is 3.46. The molecular weight excluding hydrogens is 282 g/mol. The van der Waals surface area contributed by atoms with Crippen LogP contribution >= 0.6 is 15.9 Å². The van der Waals surface area contributed by atoms with Crippen LogP contribution in [0, 0.1) is 12.8 Å². The standard InChI is InChI=1S/C13H16BrNO2/c1-9-3-10(5-12(14)4-9)6-15-7-11(8-15)13(16)17-2/h3-5,11H,6-8H2,1-2H3. The van der Waals surface area contributed by atoms with Crippen LogP contribution in [0.4, 0.5) is 0 Å². The van der Waals surface area contributed by atoms with Crippen LogP contribution in [-0.4, -0.2) is 31.1 Å². The molecule has 4 heteroatoms. The molecule has 0 spiro atoms. The van der Waals surface area contributed by atoms with E-state index in [1.807, 2.05) is 0 Å². The van der Waals surface area contributed by atoms with E-state index in [0.717, 1.165) is 24.1 Å². The minimum Gasteiger partial charge on any atom is -0.469 e. The molecule has 1 fully saturated rings. The summed E-state index contributed by atoms with van der Waals surface area (Å²) in [4.78, 5) is 13.5. The number of carbonyl (C=O) groups is 1. The zero-order valence-electron chi connectivity index (χ0n) is 10.1. The van der Waals surface area contributed by atoms with Crippen LogP contribution in [-0.2, 0) is 16.1 Å². The van der Waals surface area contributed by atoms with Gasteiger partial charge in [0.1, 0.15) is 0 Å². The van der Waals surface area contributed by atoms with Crippen LogP contribution < -0.4 is 0 Å². The lowest BCUT2D eigenvalue weighted by Gasteiger charge is -2.37. The Hall–Kier alpha value is -0.870. The van der Waals surface area contributed by atoms with Crippen LogP contribution in [0.1, 0.15) is 11.1 Å². The summed E-state index contributed by atoms with van der Waals surface area (Å²) in [5, 5.41) is 0. The van der Waals surface area contributed by atoms with Crippen molar-refractivity contribution >= 4 is 21.9 Å². The van der Waals surface area contributed by atoms with Crippen LogP contribution in [0.25, 0.3) is 0 Å². The fraction of sp³-hybridized carbons (Fsp3) is 0.462. The molecule has 0 atom stereocenters. The van der Waals surface area contributed by atoms with Gasteiger partial charge in [0.2, 0.25) is 0 Å². The van der Waals surface area contributed by atoms with E-state index in [1.54, 1.807) is 0 Å². The predicted molar refractivity (Wildman–Crippen MR) is 69.7 cm³/mol. The lowest BCUT2D eigenvalue weighted by atomic mass is 9.99. The van der Waals surface area contributed by atoms with Gasteiger partial charge in [-0.05, 0) is 30.2 Å². The Kier molecular flexibility index (Phi) is 3.84. The fourth-order valence-corrected chi connectivity index (χ4v) is 2.83. The second-order valence-corrected chi connectivity index (χ2v) is 5.47. The van der Waals surface area contributed by atoms with E-state index in [2.05, 4.69) is 46.0 Å². The molecule has 3 nitrogen and oxygen atoms in total. The Balaban J connectivity index is 1.89. The molecule has 0 unspecified atom stereocenters. The second kappa shape index (κ2) is 5.19. The largest absolute Gasteiger partial charge is 0.469 e. The van der Waals surface area contributed by atoms with Crippen LogP contribution in [0.15, 0.2) is 22.7 Å². The topological polar surface area (TPSA) is 29.5 Å². The molecule has 17 heavy (non-hydrogen) atoms. The van der Waals surface area contributed by atoms with Gasteiger partial charge in [0.25, 0.3) is 0 Å². The average molecular weight is 298 g/mol. The van der Waals surface area contributed by atoms with Crippen molar-refractivity contribution < 1.29 is 9.53 Å². The average Bonchev–Trinajstić information content (AvgIpc) is 2.20. The fourth-order valence-electron chi connectivity index (χ4n) is 2.18. The third-order valence-electron chi connectivity index (χ3n) is 3.00. The summed E-state index contributed by atoms with van der Waals surface area (Å²) in [6.45, 7) is 4.59. The summed E-state index contributed by atoms with van der Waals surface area (Å²) in [6.07, 6.45) is 0. The number of esters is 1. The highest BCUT2D eigenvalue weighted by atomic mass is 79.9. The summed E-state index contributed by atoms with van der Waals surface area (Å²) in [7, 11) is 1.45. The van der Waals surface area contributed by atoms with Gasteiger partial charge in [-0.25, -0.2) is 0 Å². The maximum Gasteiger partial charge on any atom is 0.311 e. The number of likely N-dealkylation sites (tertiary alicyclic amines) is 1. The molecule has 0 aromatic heterocycles. The molecule has 0 saturated carbocycles. The predicted octanol–water partition coefficient (Wildman–Crippen LogP) is 2.36. The number of benzene rings is 1. The van der Waals surface area contributed by atoms with Gasteiger partial charge in [0, 0.05) is 24.1 Å². The molecule has 0 bridgehead atoms. The second-order valence-electron chi connectivity index (χ2n) is 4.55. The summed E-state index contributed by atoms with van der Waals surface area (Å²) in [5.41, 5.74) is 2.53. The van der Waals surface area contributed by atoms with E-state index < -0.39 is 0 Å². The molecule has 1 saturated heterocycles. The molecule has 1 heterocycles. The Morgan fingerprint density at radius 1 is 1.47 bits per heavy atom. The van der Waals surface area contributed by atoms with Crippen molar-refractivity contribution in [2.75, 3.05) is 20.2 Å². The molecule has 1 aliphatic heterocycles. The number of rotatable bonds is 3. The van der Waals surface area contributed by atoms with E-state index in [-0.39, 0.29) is 11.9 Å². The molecule has 0 radical (unpaired) electrons. The number of methoxy groups -OCH3 is 1. The SMILES string of the molecule is COC(=O)C1CN(Cc2cc(C)cc(Br)c2)C1. The third kappa shape index (κ3) is 3.07. The highest BCUT2D eigenvalue weighted by Gasteiger charge is 2.33. The minimum absolute atomic E-state index is 0.0632. The first-order valence-electron chi connectivity index (χ1n) is 5.64. The Labute approximate surface area is 110 Å². The lowest BCUT2D eigenvalue weighted by molar-refractivity contribution is -0.151. The molecule has 1 aliphatic rings. The van der Waals surface area contributed by atoms with Crippen molar-refractivity contribution in [3.05, 3.63) is 33.8 Å². The number of ether oxygens (including phenoxy) is 1. The summed E-state index contributed by atoms with van der Waals surface area (Å²) < 4.78 is 5.83. The number of halogens is 1. The van der Waals surface area contributed by atoms with Gasteiger partial charge in [-0.1, -0.05) is 22.0 Å². The highest BCUT2D eigenvalue weighted by molar-refractivity contribution is 9.10. The molecule has 1 aromatic carbocycles. The molecule has 0 aliphatic carbocycles. The van der Waals surface area contributed by atoms with Gasteiger partial charge in [-0.3, -0.25) is 9.69 Å². The molecule has 92 valence electrons. The number of hydrogen-bond donors (Lipinski definition) is 0. The van der Waals surface area contributed by atoms with E-state index in [9.17, 15) is 4.79 Å². The normalized spacial score (nSPS) is 16.6. The molecule has 0 N–H and O–H groups in total. The lowest BCUT2D eigenvalue weighted by Crippen LogP contribution is -2.49. The van der Waals surface area contributed by atoms with Crippen LogP contribution in [0.3, 0.4) is 0 Å². The van der Waals surface area contributed by atoms with Crippen molar-refractivity contribution in [3.63, 3.8) is 0 Å². The van der Waals surface area contributed by atoms with Crippen molar-refractivity contribution in [2.45, 2.75) is 13.5 Å². The first-order chi connectivity index (χ1) is 8.08. The van der Waals surface area contributed by atoms with E-state index in [0.29, 0.717) is 0 Å². The molecule has 2 rings (SSSR count). The first-order valence-corrected chi connectivity index (χ1v) is 6.44. The molecule has 0 amide bonds. The molecular formula is C13H16BrNO2. The van der Waals surface area contributed by atoms with Crippen LogP contribution in [0.2, 0.25) is 0 Å². The van der Waals surface area contributed by atoms with Gasteiger partial charge < -0.3 is 4.74 Å². The zero-order chi connectivity index (χ0) is 12.4. The summed E-state index contributed by atoms with van der Waals surface area (Å²) in [6, 6.07) is 6.39. The van der Waals surface area contributed by atoms with Gasteiger partial charge >= 0.3 is 5.97 Å². The maximum absolute atomic E-state index is 11.2. The monoisotopic (exact) mass is 297 g/mol. The highest BCUT2D eigenvalue weighted by Crippen LogP contribution is 2.22. The Morgan fingerprint density at radius 2 is 2.18 bits per heavy atom. The Bertz CT molecular complexity index is 407. The van der Waals surface area contributed by atoms with Crippen molar-refractivity contribution in [2.24, 2.45) is 5.92 Å². The first kappa shape index (κ1) is 12.6. The molecule has 1 aromatic rings. The summed E-state index contributed by atoms with van der Waals surface area (Å²) in [5.74, 6) is -0.0278. The van der Waals surface area contributed by atoms with E-state index in [1.165, 1.54) is 18.2 Å². The maximum atomic E-state index is 11.2. The smallest absolute Gasteiger partial charge is 0.311 e. The van der Waals surface area contributed by atoms with Crippen LogP contribution in [0.5, 0.6) is 0 Å². The summed E-state index contributed by atoms with van der Waals surface area (Å²) >= 11 is 3.50. The Morgan fingerprint density at radius 3 is 2.76 bits per heavy atom. The quantitative estimate of drug-likeness (QED) is 0.802. The van der Waals surface area contributed by atoms with Crippen molar-refractivity contribution in [3.8, 4) is 0 Å². The number of carbonyl (C=O) groups excluding carboxylic acids is 1. The van der Waals surface area contributed by atoms with Crippen molar-refractivity contribution in [1.29, 1.82) is 0 Å². The van der Waals surface area contributed by atoms with E-state index in [4.69, 9.17) is 4.74 Å². The van der Waals surface area contributed by atoms with Crippen molar-refractivity contribution in [1.82, 2.24) is 4.90 Å². The number of hydrogen-bond acceptors (Lipinski definition) is 3. The van der Waals surface area contributed by atoms with Gasteiger partial charge in [0.05, 0.1) is 13.0 Å². The number of aryl methyl sites for hydroxylation is 1. The number of nitrogens with zero attached hydrogens (tertiary/aromatic N) is 1. The van der Waals surface area contributed by atoms with Gasteiger partial charge in [0.15, 0.2) is 0 Å². The van der Waals surface area contributed by atoms with Gasteiger partial charge in [-0.2, -0.15) is 0 Å².